The molecule has 29 heavy (non-hydrogen) atoms. The van der Waals surface area contributed by atoms with Crippen LogP contribution >= 0.6 is 0 Å². The summed E-state index contributed by atoms with van der Waals surface area (Å²) in [5.41, 5.74) is -3.34. The van der Waals surface area contributed by atoms with Gasteiger partial charge in [-0.3, -0.25) is 9.59 Å². The zero-order valence-corrected chi connectivity index (χ0v) is 17.0. The predicted molar refractivity (Wildman–Crippen MR) is 99.8 cm³/mol. The summed E-state index contributed by atoms with van der Waals surface area (Å²) in [5.74, 6) is -4.67. The van der Waals surface area contributed by atoms with Gasteiger partial charge in [-0.1, -0.05) is 51.5 Å². The highest BCUT2D eigenvalue weighted by molar-refractivity contribution is 5.99. The van der Waals surface area contributed by atoms with E-state index in [2.05, 4.69) is 6.92 Å². The van der Waals surface area contributed by atoms with Crippen molar-refractivity contribution >= 4 is 11.9 Å². The first-order valence-electron chi connectivity index (χ1n) is 9.77. The number of alkyl halides is 3. The largest absolute Gasteiger partial charge is 0.465 e. The third kappa shape index (κ3) is 7.66. The van der Waals surface area contributed by atoms with Crippen molar-refractivity contribution < 1.29 is 36.6 Å². The van der Waals surface area contributed by atoms with Crippen molar-refractivity contribution in [3.8, 4) is 5.75 Å². The van der Waals surface area contributed by atoms with E-state index in [-0.39, 0.29) is 6.61 Å². The number of halogens is 4. The monoisotopic (exact) mass is 420 g/mol. The van der Waals surface area contributed by atoms with Crippen LogP contribution in [0.25, 0.3) is 0 Å². The Balaban J connectivity index is 2.57. The Morgan fingerprint density at radius 1 is 0.931 bits per heavy atom. The van der Waals surface area contributed by atoms with Crippen LogP contribution in [-0.2, 0) is 20.5 Å². The standard InChI is InChI=1S/C21H28F4O4/c1-4-5-6-7-8-9-10-14-28-18(26)20(2,3)19(27)29-16-13-11-12-15(17(16)22)21(23,24)25/h11-13H,4-10,14H2,1-3H3. The Labute approximate surface area is 168 Å². The van der Waals surface area contributed by atoms with Gasteiger partial charge in [-0.15, -0.1) is 0 Å². The van der Waals surface area contributed by atoms with Crippen molar-refractivity contribution in [1.82, 2.24) is 0 Å². The number of carbonyl (C=O) groups is 2. The first-order chi connectivity index (χ1) is 13.5. The summed E-state index contributed by atoms with van der Waals surface area (Å²) in [6.45, 7) is 4.69. The average Bonchev–Trinajstić information content (AvgIpc) is 2.64. The van der Waals surface area contributed by atoms with Gasteiger partial charge in [0.2, 0.25) is 0 Å². The van der Waals surface area contributed by atoms with Gasteiger partial charge < -0.3 is 9.47 Å². The quantitative estimate of drug-likeness (QED) is 0.143. The fourth-order valence-corrected chi connectivity index (χ4v) is 2.52. The Morgan fingerprint density at radius 3 is 2.10 bits per heavy atom. The topological polar surface area (TPSA) is 52.6 Å². The number of esters is 2. The molecule has 164 valence electrons. The smallest absolute Gasteiger partial charge is 0.419 e. The van der Waals surface area contributed by atoms with E-state index in [9.17, 15) is 27.2 Å². The lowest BCUT2D eigenvalue weighted by Gasteiger charge is -2.21. The van der Waals surface area contributed by atoms with Crippen LogP contribution in [0, 0.1) is 11.2 Å². The number of hydrogen-bond donors (Lipinski definition) is 0. The van der Waals surface area contributed by atoms with Crippen molar-refractivity contribution in [1.29, 1.82) is 0 Å². The molecule has 1 aromatic carbocycles. The van der Waals surface area contributed by atoms with Crippen LogP contribution in [0.1, 0.15) is 71.3 Å². The Hall–Kier alpha value is -2.12. The summed E-state index contributed by atoms with van der Waals surface area (Å²) < 4.78 is 62.1. The fraction of sp³-hybridized carbons (Fsp3) is 0.619. The minimum absolute atomic E-state index is 0.126. The number of benzene rings is 1. The molecule has 0 aliphatic heterocycles. The second-order valence-electron chi connectivity index (χ2n) is 7.39. The number of unbranched alkanes of at least 4 members (excludes halogenated alkanes) is 6. The van der Waals surface area contributed by atoms with Crippen LogP contribution in [0.2, 0.25) is 0 Å². The maximum atomic E-state index is 14.0. The summed E-state index contributed by atoms with van der Waals surface area (Å²) in [4.78, 5) is 24.4. The van der Waals surface area contributed by atoms with Crippen molar-refractivity contribution in [3.05, 3.63) is 29.6 Å². The number of carbonyl (C=O) groups excluding carboxylic acids is 2. The molecule has 0 atom stereocenters. The number of rotatable bonds is 11. The van der Waals surface area contributed by atoms with Crippen molar-refractivity contribution in [2.75, 3.05) is 6.61 Å². The van der Waals surface area contributed by atoms with Gasteiger partial charge in [0.05, 0.1) is 12.2 Å². The minimum atomic E-state index is -4.93. The average molecular weight is 420 g/mol. The molecule has 0 spiro atoms. The summed E-state index contributed by atoms with van der Waals surface area (Å²) in [5, 5.41) is 0. The lowest BCUT2D eigenvalue weighted by Crippen LogP contribution is -2.38. The van der Waals surface area contributed by atoms with Gasteiger partial charge in [-0.2, -0.15) is 13.2 Å². The van der Waals surface area contributed by atoms with E-state index in [0.717, 1.165) is 37.8 Å². The van der Waals surface area contributed by atoms with Gasteiger partial charge in [-0.05, 0) is 32.4 Å². The molecule has 0 aliphatic carbocycles. The molecule has 0 heterocycles. The molecule has 0 N–H and O–H groups in total. The molecule has 4 nitrogen and oxygen atoms in total. The Morgan fingerprint density at radius 2 is 1.52 bits per heavy atom. The molecular formula is C21H28F4O4. The molecule has 0 saturated heterocycles. The SMILES string of the molecule is CCCCCCCCCOC(=O)C(C)(C)C(=O)Oc1cccc(C(F)(F)F)c1F. The molecule has 1 aromatic rings. The number of ether oxygens (including phenoxy) is 2. The minimum Gasteiger partial charge on any atom is -0.465 e. The zero-order chi connectivity index (χ0) is 22.1. The van der Waals surface area contributed by atoms with Crippen LogP contribution < -0.4 is 4.74 Å². The van der Waals surface area contributed by atoms with E-state index in [4.69, 9.17) is 9.47 Å². The molecule has 0 unspecified atom stereocenters. The maximum Gasteiger partial charge on any atom is 0.419 e. The van der Waals surface area contributed by atoms with E-state index in [0.29, 0.717) is 12.5 Å². The molecule has 0 fully saturated rings. The lowest BCUT2D eigenvalue weighted by molar-refractivity contribution is -0.165. The molecule has 0 aliphatic rings. The van der Waals surface area contributed by atoms with Gasteiger partial charge in [-0.25, -0.2) is 4.39 Å². The van der Waals surface area contributed by atoms with Crippen LogP contribution in [-0.4, -0.2) is 18.5 Å². The first-order valence-corrected chi connectivity index (χ1v) is 9.77. The number of hydrogen-bond acceptors (Lipinski definition) is 4. The van der Waals surface area contributed by atoms with Gasteiger partial charge >= 0.3 is 18.1 Å². The third-order valence-electron chi connectivity index (χ3n) is 4.47. The molecule has 1 rings (SSSR count). The molecule has 0 radical (unpaired) electrons. The van der Waals surface area contributed by atoms with Crippen molar-refractivity contribution in [3.63, 3.8) is 0 Å². The van der Waals surface area contributed by atoms with E-state index >= 15 is 0 Å². The normalized spacial score (nSPS) is 12.0. The van der Waals surface area contributed by atoms with Gasteiger partial charge in [0.15, 0.2) is 17.0 Å². The summed E-state index contributed by atoms with van der Waals surface area (Å²) in [6.07, 6.45) is 2.26. The third-order valence-corrected chi connectivity index (χ3v) is 4.47. The van der Waals surface area contributed by atoms with Crippen LogP contribution in [0.15, 0.2) is 18.2 Å². The van der Waals surface area contributed by atoms with Gasteiger partial charge in [0.25, 0.3) is 0 Å². The highest BCUT2D eigenvalue weighted by Gasteiger charge is 2.41. The lowest BCUT2D eigenvalue weighted by atomic mass is 9.94. The fourth-order valence-electron chi connectivity index (χ4n) is 2.52. The Bertz CT molecular complexity index is 684. The van der Waals surface area contributed by atoms with Crippen LogP contribution in [0.3, 0.4) is 0 Å². The predicted octanol–water partition coefficient (Wildman–Crippen LogP) is 6.07. The molecule has 0 aromatic heterocycles. The highest BCUT2D eigenvalue weighted by Crippen LogP contribution is 2.35. The van der Waals surface area contributed by atoms with E-state index in [1.807, 2.05) is 0 Å². The van der Waals surface area contributed by atoms with E-state index < -0.39 is 40.7 Å². The summed E-state index contributed by atoms with van der Waals surface area (Å²) in [7, 11) is 0. The maximum absolute atomic E-state index is 14.0. The zero-order valence-electron chi connectivity index (χ0n) is 17.0. The molecule has 0 amide bonds. The summed E-state index contributed by atoms with van der Waals surface area (Å²) in [6, 6.07) is 2.34. The van der Waals surface area contributed by atoms with Crippen molar-refractivity contribution in [2.24, 2.45) is 5.41 Å². The Kier molecular flexibility index (Phi) is 9.59. The van der Waals surface area contributed by atoms with E-state index in [1.54, 1.807) is 0 Å². The van der Waals surface area contributed by atoms with Crippen LogP contribution in [0.4, 0.5) is 17.6 Å². The second kappa shape index (κ2) is 11.2. The molecule has 8 heteroatoms. The molecular weight excluding hydrogens is 392 g/mol. The van der Waals surface area contributed by atoms with Crippen molar-refractivity contribution in [2.45, 2.75) is 71.9 Å². The first kappa shape index (κ1) is 24.9. The van der Waals surface area contributed by atoms with Gasteiger partial charge in [0.1, 0.15) is 0 Å². The van der Waals surface area contributed by atoms with Gasteiger partial charge in [0, 0.05) is 0 Å². The molecule has 0 bridgehead atoms. The molecule has 0 saturated carbocycles. The highest BCUT2D eigenvalue weighted by atomic mass is 19.4. The van der Waals surface area contributed by atoms with E-state index in [1.165, 1.54) is 26.7 Å². The summed E-state index contributed by atoms with van der Waals surface area (Å²) >= 11 is 0. The van der Waals surface area contributed by atoms with Crippen LogP contribution in [0.5, 0.6) is 5.75 Å². The second-order valence-corrected chi connectivity index (χ2v) is 7.39.